The summed E-state index contributed by atoms with van der Waals surface area (Å²) in [4.78, 5) is 11.1. The van der Waals surface area contributed by atoms with E-state index in [1.54, 1.807) is 0 Å². The number of amides is 1. The topological polar surface area (TPSA) is 55.1 Å². The van der Waals surface area contributed by atoms with Crippen LogP contribution < -0.4 is 11.1 Å². The van der Waals surface area contributed by atoms with E-state index in [1.165, 1.54) is 0 Å². The molecular formula is C9H18N2O. The number of hydrogen-bond donors (Lipinski definition) is 2. The lowest BCUT2D eigenvalue weighted by atomic mass is 9.88. The van der Waals surface area contributed by atoms with Gasteiger partial charge in [0.15, 0.2) is 0 Å². The Balaban J connectivity index is 2.54. The van der Waals surface area contributed by atoms with Crippen LogP contribution in [0.5, 0.6) is 0 Å². The van der Waals surface area contributed by atoms with Crippen LogP contribution in [-0.2, 0) is 4.79 Å². The van der Waals surface area contributed by atoms with Crippen LogP contribution in [0, 0.1) is 11.8 Å². The molecule has 1 fully saturated rings. The Morgan fingerprint density at radius 2 is 2.25 bits per heavy atom. The van der Waals surface area contributed by atoms with Gasteiger partial charge in [0.2, 0.25) is 5.91 Å². The molecule has 0 aromatic rings. The Hall–Kier alpha value is -0.570. The third-order valence-electron chi connectivity index (χ3n) is 2.65. The number of nitrogens with one attached hydrogen (secondary N) is 1. The molecule has 1 aliphatic rings. The molecule has 2 atom stereocenters. The molecule has 1 rings (SSSR count). The predicted molar refractivity (Wildman–Crippen MR) is 48.5 cm³/mol. The molecule has 2 unspecified atom stereocenters. The number of hydrogen-bond acceptors (Lipinski definition) is 2. The highest BCUT2D eigenvalue weighted by atomic mass is 16.2. The van der Waals surface area contributed by atoms with Crippen LogP contribution >= 0.6 is 0 Å². The van der Waals surface area contributed by atoms with E-state index in [0.717, 1.165) is 19.4 Å². The average molecular weight is 170 g/mol. The van der Waals surface area contributed by atoms with Gasteiger partial charge in [-0.3, -0.25) is 4.79 Å². The van der Waals surface area contributed by atoms with Gasteiger partial charge in [-0.05, 0) is 24.7 Å². The molecule has 0 aromatic heterocycles. The summed E-state index contributed by atoms with van der Waals surface area (Å²) in [6.45, 7) is 5.16. The van der Waals surface area contributed by atoms with Crippen molar-refractivity contribution >= 4 is 5.91 Å². The third-order valence-corrected chi connectivity index (χ3v) is 2.65. The highest BCUT2D eigenvalue weighted by Gasteiger charge is 2.24. The fraction of sp³-hybridized carbons (Fsp3) is 0.889. The largest absolute Gasteiger partial charge is 0.355 e. The zero-order valence-corrected chi connectivity index (χ0v) is 7.84. The van der Waals surface area contributed by atoms with Crippen molar-refractivity contribution in [1.82, 2.24) is 5.32 Å². The number of nitrogens with two attached hydrogens (primary N) is 1. The van der Waals surface area contributed by atoms with Crippen LogP contribution in [0.1, 0.15) is 26.7 Å². The van der Waals surface area contributed by atoms with Crippen molar-refractivity contribution < 1.29 is 4.79 Å². The van der Waals surface area contributed by atoms with Gasteiger partial charge in [0.05, 0.1) is 6.04 Å². The lowest BCUT2D eigenvalue weighted by Crippen LogP contribution is -2.39. The van der Waals surface area contributed by atoms with Crippen LogP contribution in [-0.4, -0.2) is 18.5 Å². The van der Waals surface area contributed by atoms with Gasteiger partial charge in [-0.2, -0.15) is 0 Å². The molecular weight excluding hydrogens is 152 g/mol. The first-order chi connectivity index (χ1) is 5.61. The first kappa shape index (κ1) is 9.52. The molecule has 3 heteroatoms. The minimum Gasteiger partial charge on any atom is -0.355 e. The fourth-order valence-electron chi connectivity index (χ4n) is 1.67. The molecule has 70 valence electrons. The SMILES string of the molecule is CC(C)C1CCNC(=O)C(N)C1. The van der Waals surface area contributed by atoms with Gasteiger partial charge in [0.25, 0.3) is 0 Å². The standard InChI is InChI=1S/C9H18N2O/c1-6(2)7-3-4-11-9(12)8(10)5-7/h6-8H,3-5,10H2,1-2H3,(H,11,12). The van der Waals surface area contributed by atoms with Crippen molar-refractivity contribution in [3.05, 3.63) is 0 Å². The summed E-state index contributed by atoms with van der Waals surface area (Å²) in [6, 6.07) is -0.292. The van der Waals surface area contributed by atoms with Gasteiger partial charge in [0, 0.05) is 6.54 Å². The van der Waals surface area contributed by atoms with E-state index in [2.05, 4.69) is 19.2 Å². The van der Waals surface area contributed by atoms with E-state index in [-0.39, 0.29) is 11.9 Å². The van der Waals surface area contributed by atoms with Crippen LogP contribution in [0.3, 0.4) is 0 Å². The lowest BCUT2D eigenvalue weighted by Gasteiger charge is -2.18. The number of carbonyl (C=O) groups is 1. The fourth-order valence-corrected chi connectivity index (χ4v) is 1.67. The van der Waals surface area contributed by atoms with Crippen molar-refractivity contribution in [2.45, 2.75) is 32.7 Å². The molecule has 0 aliphatic carbocycles. The molecule has 1 amide bonds. The summed E-state index contributed by atoms with van der Waals surface area (Å²) < 4.78 is 0. The second-order valence-corrected chi connectivity index (χ2v) is 3.93. The van der Waals surface area contributed by atoms with Crippen LogP contribution in [0.15, 0.2) is 0 Å². The summed E-state index contributed by atoms with van der Waals surface area (Å²) in [5, 5.41) is 2.82. The Morgan fingerprint density at radius 1 is 1.58 bits per heavy atom. The molecule has 12 heavy (non-hydrogen) atoms. The molecule has 3 nitrogen and oxygen atoms in total. The number of rotatable bonds is 1. The molecule has 0 aromatic carbocycles. The van der Waals surface area contributed by atoms with Crippen molar-refractivity contribution in [3.8, 4) is 0 Å². The highest BCUT2D eigenvalue weighted by molar-refractivity contribution is 5.81. The van der Waals surface area contributed by atoms with Crippen LogP contribution in [0.4, 0.5) is 0 Å². The van der Waals surface area contributed by atoms with E-state index in [0.29, 0.717) is 11.8 Å². The maximum absolute atomic E-state index is 11.1. The molecule has 1 saturated heterocycles. The van der Waals surface area contributed by atoms with E-state index < -0.39 is 0 Å². The van der Waals surface area contributed by atoms with Gasteiger partial charge in [-0.25, -0.2) is 0 Å². The van der Waals surface area contributed by atoms with Crippen molar-refractivity contribution in [3.63, 3.8) is 0 Å². The monoisotopic (exact) mass is 170 g/mol. The van der Waals surface area contributed by atoms with Crippen LogP contribution in [0.2, 0.25) is 0 Å². The highest BCUT2D eigenvalue weighted by Crippen LogP contribution is 2.21. The summed E-state index contributed by atoms with van der Waals surface area (Å²) in [5.41, 5.74) is 5.69. The molecule has 1 heterocycles. The average Bonchev–Trinajstić information content (AvgIpc) is 2.15. The van der Waals surface area contributed by atoms with Gasteiger partial charge in [0.1, 0.15) is 0 Å². The zero-order valence-electron chi connectivity index (χ0n) is 7.84. The molecule has 0 radical (unpaired) electrons. The molecule has 0 spiro atoms. The maximum Gasteiger partial charge on any atom is 0.236 e. The van der Waals surface area contributed by atoms with E-state index >= 15 is 0 Å². The van der Waals surface area contributed by atoms with Crippen LogP contribution in [0.25, 0.3) is 0 Å². The molecule has 0 saturated carbocycles. The third kappa shape index (κ3) is 2.21. The smallest absolute Gasteiger partial charge is 0.236 e. The first-order valence-corrected chi connectivity index (χ1v) is 4.64. The van der Waals surface area contributed by atoms with E-state index in [9.17, 15) is 4.79 Å². The quantitative estimate of drug-likeness (QED) is 0.602. The first-order valence-electron chi connectivity index (χ1n) is 4.64. The molecule has 3 N–H and O–H groups in total. The summed E-state index contributed by atoms with van der Waals surface area (Å²) in [6.07, 6.45) is 1.90. The van der Waals surface area contributed by atoms with Gasteiger partial charge in [-0.1, -0.05) is 13.8 Å². The van der Waals surface area contributed by atoms with Gasteiger partial charge >= 0.3 is 0 Å². The van der Waals surface area contributed by atoms with Gasteiger partial charge in [-0.15, -0.1) is 0 Å². The van der Waals surface area contributed by atoms with Crippen molar-refractivity contribution in [2.75, 3.05) is 6.54 Å². The lowest BCUT2D eigenvalue weighted by molar-refractivity contribution is -0.122. The number of carbonyl (C=O) groups excluding carboxylic acids is 1. The summed E-state index contributed by atoms with van der Waals surface area (Å²) in [7, 11) is 0. The molecule has 1 aliphatic heterocycles. The second kappa shape index (κ2) is 3.90. The van der Waals surface area contributed by atoms with Gasteiger partial charge < -0.3 is 11.1 Å². The predicted octanol–water partition coefficient (Wildman–Crippen LogP) is 0.496. The zero-order chi connectivity index (χ0) is 9.14. The van der Waals surface area contributed by atoms with E-state index in [1.807, 2.05) is 0 Å². The second-order valence-electron chi connectivity index (χ2n) is 3.93. The van der Waals surface area contributed by atoms with Crippen molar-refractivity contribution in [2.24, 2.45) is 17.6 Å². The van der Waals surface area contributed by atoms with E-state index in [4.69, 9.17) is 5.73 Å². The summed E-state index contributed by atoms with van der Waals surface area (Å²) >= 11 is 0. The minimum absolute atomic E-state index is 0.0122. The molecule has 0 bridgehead atoms. The normalized spacial score (nSPS) is 31.5. The maximum atomic E-state index is 11.1. The summed E-state index contributed by atoms with van der Waals surface area (Å²) in [5.74, 6) is 1.24. The van der Waals surface area contributed by atoms with Crippen molar-refractivity contribution in [1.29, 1.82) is 0 Å². The Kier molecular flexibility index (Phi) is 3.09. The minimum atomic E-state index is -0.292. The Bertz CT molecular complexity index is 168. The Labute approximate surface area is 73.7 Å². The Morgan fingerprint density at radius 3 is 2.83 bits per heavy atom.